The van der Waals surface area contributed by atoms with Gasteiger partial charge in [0.2, 0.25) is 10.0 Å². The minimum atomic E-state index is -3.47. The van der Waals surface area contributed by atoms with Crippen molar-refractivity contribution in [3.05, 3.63) is 16.5 Å². The van der Waals surface area contributed by atoms with E-state index in [4.69, 9.17) is 4.42 Å². The smallest absolute Gasteiger partial charge is 0.247 e. The van der Waals surface area contributed by atoms with Crippen LogP contribution < -0.4 is 5.32 Å². The lowest BCUT2D eigenvalue weighted by Crippen LogP contribution is -2.41. The number of hydrogen-bond acceptors (Lipinski definition) is 4. The molecule has 108 valence electrons. The lowest BCUT2D eigenvalue weighted by molar-refractivity contribution is 0.249. The van der Waals surface area contributed by atoms with E-state index in [1.807, 2.05) is 6.92 Å². The van der Waals surface area contributed by atoms with Crippen LogP contribution in [-0.2, 0) is 16.6 Å². The van der Waals surface area contributed by atoms with Crippen molar-refractivity contribution in [1.82, 2.24) is 9.62 Å². The van der Waals surface area contributed by atoms with Crippen LogP contribution in [0, 0.1) is 0 Å². The lowest BCUT2D eigenvalue weighted by Gasteiger charge is -2.33. The van der Waals surface area contributed by atoms with E-state index < -0.39 is 10.0 Å². The predicted octanol–water partition coefficient (Wildman–Crippen LogP) is 2.32. The van der Waals surface area contributed by atoms with Gasteiger partial charge in [-0.1, -0.05) is 13.3 Å². The molecule has 7 heteroatoms. The Morgan fingerprint density at radius 3 is 2.74 bits per heavy atom. The summed E-state index contributed by atoms with van der Waals surface area (Å²) in [6, 6.07) is 1.72. The van der Waals surface area contributed by atoms with E-state index in [2.05, 4.69) is 21.2 Å². The second kappa shape index (κ2) is 5.95. The van der Waals surface area contributed by atoms with Crippen molar-refractivity contribution >= 4 is 26.0 Å². The van der Waals surface area contributed by atoms with E-state index in [0.29, 0.717) is 12.3 Å². The van der Waals surface area contributed by atoms with Gasteiger partial charge in [-0.25, -0.2) is 8.42 Å². The van der Waals surface area contributed by atoms with Gasteiger partial charge in [0.25, 0.3) is 0 Å². The van der Waals surface area contributed by atoms with Gasteiger partial charge in [-0.3, -0.25) is 0 Å². The molecule has 1 aliphatic rings. The Labute approximate surface area is 122 Å². The van der Waals surface area contributed by atoms with E-state index >= 15 is 0 Å². The molecule has 5 nitrogen and oxygen atoms in total. The number of furan rings is 1. The highest BCUT2D eigenvalue weighted by atomic mass is 79.9. The van der Waals surface area contributed by atoms with E-state index in [-0.39, 0.29) is 15.6 Å². The molecular weight excluding hydrogens is 332 g/mol. The van der Waals surface area contributed by atoms with Gasteiger partial charge in [-0.15, -0.1) is 0 Å². The minimum absolute atomic E-state index is 0.129. The van der Waals surface area contributed by atoms with Crippen LogP contribution in [0.15, 0.2) is 20.0 Å². The molecular formula is C12H19BrN2O3S. The summed E-state index contributed by atoms with van der Waals surface area (Å²) in [4.78, 5) is 0.217. The first-order valence-electron chi connectivity index (χ1n) is 6.43. The molecule has 1 heterocycles. The molecule has 0 aliphatic heterocycles. The van der Waals surface area contributed by atoms with E-state index in [1.54, 1.807) is 13.1 Å². The van der Waals surface area contributed by atoms with Gasteiger partial charge in [-0.2, -0.15) is 4.31 Å². The molecule has 0 radical (unpaired) electrons. The molecule has 1 aromatic rings. The zero-order valence-corrected chi connectivity index (χ0v) is 13.6. The maximum Gasteiger partial charge on any atom is 0.247 e. The topological polar surface area (TPSA) is 62.6 Å². The number of nitrogens with zero attached hydrogens (tertiary/aromatic N) is 1. The number of rotatable bonds is 6. The molecule has 1 N–H and O–H groups in total. The van der Waals surface area contributed by atoms with Crippen LogP contribution in [0.5, 0.6) is 0 Å². The van der Waals surface area contributed by atoms with Crippen molar-refractivity contribution in [2.75, 3.05) is 13.6 Å². The molecule has 0 amide bonds. The van der Waals surface area contributed by atoms with Crippen molar-refractivity contribution in [3.63, 3.8) is 0 Å². The maximum atomic E-state index is 12.5. The normalized spacial score (nSPS) is 16.8. The summed E-state index contributed by atoms with van der Waals surface area (Å²) in [6.07, 6.45) is 2.98. The standard InChI is InChI=1S/C12H19BrN2O3S/c1-3-14-8-10-7-11(12(13)18-10)19(16,17)15(2)9-5-4-6-9/h7,9,14H,3-6,8H2,1-2H3. The Hall–Kier alpha value is -0.370. The van der Waals surface area contributed by atoms with Gasteiger partial charge in [0, 0.05) is 19.2 Å². The van der Waals surface area contributed by atoms with Gasteiger partial charge in [0.15, 0.2) is 4.67 Å². The van der Waals surface area contributed by atoms with Crippen molar-refractivity contribution in [2.24, 2.45) is 0 Å². The molecule has 1 aromatic heterocycles. The second-order valence-electron chi connectivity index (χ2n) is 4.74. The Balaban J connectivity index is 2.21. The summed E-state index contributed by atoms with van der Waals surface area (Å²) < 4.78 is 32.2. The van der Waals surface area contributed by atoms with Crippen LogP contribution in [0.1, 0.15) is 31.9 Å². The number of halogens is 1. The van der Waals surface area contributed by atoms with Gasteiger partial charge in [0.1, 0.15) is 10.7 Å². The molecule has 0 spiro atoms. The summed E-state index contributed by atoms with van der Waals surface area (Å²) >= 11 is 3.20. The first-order chi connectivity index (χ1) is 8.96. The van der Waals surface area contributed by atoms with Gasteiger partial charge < -0.3 is 9.73 Å². The highest BCUT2D eigenvalue weighted by molar-refractivity contribution is 9.10. The fraction of sp³-hybridized carbons (Fsp3) is 0.667. The van der Waals surface area contributed by atoms with Crippen molar-refractivity contribution in [3.8, 4) is 0 Å². The third kappa shape index (κ3) is 3.04. The SMILES string of the molecule is CCNCc1cc(S(=O)(=O)N(C)C2CCC2)c(Br)o1. The van der Waals surface area contributed by atoms with Crippen LogP contribution in [-0.4, -0.2) is 32.4 Å². The average Bonchev–Trinajstić information content (AvgIpc) is 2.66. The molecule has 0 atom stereocenters. The molecule has 2 rings (SSSR count). The average molecular weight is 351 g/mol. The molecule has 19 heavy (non-hydrogen) atoms. The number of nitrogens with one attached hydrogen (secondary N) is 1. The molecule has 0 aromatic carbocycles. The van der Waals surface area contributed by atoms with Crippen molar-refractivity contribution in [2.45, 2.75) is 43.7 Å². The van der Waals surface area contributed by atoms with E-state index in [0.717, 1.165) is 25.8 Å². The predicted molar refractivity (Wildman–Crippen MR) is 76.4 cm³/mol. The van der Waals surface area contributed by atoms with Crippen molar-refractivity contribution < 1.29 is 12.8 Å². The molecule has 1 fully saturated rings. The molecule has 0 bridgehead atoms. The zero-order valence-electron chi connectivity index (χ0n) is 11.1. The molecule has 1 aliphatic carbocycles. The minimum Gasteiger partial charge on any atom is -0.452 e. The number of sulfonamides is 1. The third-order valence-electron chi connectivity index (χ3n) is 3.50. The fourth-order valence-corrected chi connectivity index (χ4v) is 4.39. The van der Waals surface area contributed by atoms with Crippen molar-refractivity contribution in [1.29, 1.82) is 0 Å². The molecule has 0 saturated heterocycles. The second-order valence-corrected chi connectivity index (χ2v) is 7.42. The fourth-order valence-electron chi connectivity index (χ4n) is 2.01. The Morgan fingerprint density at radius 2 is 2.21 bits per heavy atom. The lowest BCUT2D eigenvalue weighted by atomic mass is 9.94. The Kier molecular flexibility index (Phi) is 4.70. The number of hydrogen-bond donors (Lipinski definition) is 1. The monoisotopic (exact) mass is 350 g/mol. The van der Waals surface area contributed by atoms with Crippen LogP contribution in [0.4, 0.5) is 0 Å². The third-order valence-corrected chi connectivity index (χ3v) is 6.27. The van der Waals surface area contributed by atoms with Crippen LogP contribution in [0.2, 0.25) is 0 Å². The summed E-state index contributed by atoms with van der Waals surface area (Å²) in [5, 5.41) is 3.11. The Morgan fingerprint density at radius 1 is 1.53 bits per heavy atom. The summed E-state index contributed by atoms with van der Waals surface area (Å²) in [6.45, 7) is 3.32. The maximum absolute atomic E-state index is 12.5. The first kappa shape index (κ1) is 15.0. The van der Waals surface area contributed by atoms with Gasteiger partial charge >= 0.3 is 0 Å². The zero-order chi connectivity index (χ0) is 14.0. The largest absolute Gasteiger partial charge is 0.452 e. The van der Waals surface area contributed by atoms with E-state index in [9.17, 15) is 8.42 Å². The summed E-state index contributed by atoms with van der Waals surface area (Å²) in [5.74, 6) is 0.620. The summed E-state index contributed by atoms with van der Waals surface area (Å²) in [7, 11) is -1.83. The molecule has 1 saturated carbocycles. The van der Waals surface area contributed by atoms with Crippen LogP contribution in [0.3, 0.4) is 0 Å². The highest BCUT2D eigenvalue weighted by Crippen LogP contribution is 2.33. The van der Waals surface area contributed by atoms with Gasteiger partial charge in [-0.05, 0) is 35.3 Å². The quantitative estimate of drug-likeness (QED) is 0.855. The van der Waals surface area contributed by atoms with Crippen LogP contribution in [0.25, 0.3) is 0 Å². The summed E-state index contributed by atoms with van der Waals surface area (Å²) in [5.41, 5.74) is 0. The highest BCUT2D eigenvalue weighted by Gasteiger charge is 2.34. The van der Waals surface area contributed by atoms with E-state index in [1.165, 1.54) is 4.31 Å². The van der Waals surface area contributed by atoms with Gasteiger partial charge in [0.05, 0.1) is 6.54 Å². The molecule has 0 unspecified atom stereocenters. The first-order valence-corrected chi connectivity index (χ1v) is 8.67. The Bertz CT molecular complexity index is 537. The van der Waals surface area contributed by atoms with Crippen LogP contribution >= 0.6 is 15.9 Å².